The lowest BCUT2D eigenvalue weighted by Gasteiger charge is -2.03. The number of benzene rings is 1. The number of amidine groups is 1. The van der Waals surface area contributed by atoms with Crippen LogP contribution in [-0.2, 0) is 0 Å². The molecule has 0 bridgehead atoms. The van der Waals surface area contributed by atoms with Crippen molar-refractivity contribution in [2.45, 2.75) is 12.8 Å². The van der Waals surface area contributed by atoms with Crippen molar-refractivity contribution in [3.63, 3.8) is 0 Å². The van der Waals surface area contributed by atoms with Gasteiger partial charge in [0.15, 0.2) is 0 Å². The number of nitrogens with zero attached hydrogens (tertiary/aromatic N) is 1. The molecule has 1 aliphatic carbocycles. The molecule has 2 N–H and O–H groups in total. The highest BCUT2D eigenvalue weighted by Crippen LogP contribution is 2.36. The molecule has 5 heteroatoms. The first kappa shape index (κ1) is 10.7. The summed E-state index contributed by atoms with van der Waals surface area (Å²) >= 11 is 11.6. The number of nitrogens with two attached hydrogens (primary N) is 1. The first-order valence-electron chi connectivity index (χ1n) is 4.56. The van der Waals surface area contributed by atoms with Crippen molar-refractivity contribution in [1.82, 2.24) is 0 Å². The van der Waals surface area contributed by atoms with Gasteiger partial charge in [0.2, 0.25) is 0 Å². The van der Waals surface area contributed by atoms with Gasteiger partial charge in [0, 0.05) is 5.92 Å². The van der Waals surface area contributed by atoms with Crippen LogP contribution in [-0.4, -0.2) is 5.84 Å². The van der Waals surface area contributed by atoms with Crippen molar-refractivity contribution in [1.29, 1.82) is 0 Å². The number of hydrogen-bond donors (Lipinski definition) is 1. The van der Waals surface area contributed by atoms with Crippen LogP contribution < -0.4 is 5.73 Å². The Bertz CT molecular complexity index is 404. The molecule has 80 valence electrons. The fourth-order valence-corrected chi connectivity index (χ4v) is 1.79. The van der Waals surface area contributed by atoms with E-state index >= 15 is 0 Å². The monoisotopic (exact) mass is 246 g/mol. The van der Waals surface area contributed by atoms with Crippen LogP contribution in [0.15, 0.2) is 17.1 Å². The summed E-state index contributed by atoms with van der Waals surface area (Å²) in [6, 6.07) is 2.35. The van der Waals surface area contributed by atoms with Crippen molar-refractivity contribution in [2.24, 2.45) is 16.6 Å². The Morgan fingerprint density at radius 1 is 1.33 bits per heavy atom. The summed E-state index contributed by atoms with van der Waals surface area (Å²) in [5.41, 5.74) is 6.08. The second-order valence-corrected chi connectivity index (χ2v) is 4.34. The van der Waals surface area contributed by atoms with Crippen LogP contribution >= 0.6 is 23.2 Å². The maximum absolute atomic E-state index is 12.9. The van der Waals surface area contributed by atoms with E-state index in [1.165, 1.54) is 12.1 Å². The van der Waals surface area contributed by atoms with Crippen LogP contribution in [0.1, 0.15) is 12.8 Å². The standard InChI is InChI=1S/C10H9Cl2FN2/c11-7-3-6(13)4-8(12)9(7)15-10(14)5-1-2-5/h3-5H,1-2H2,(H2,14,15). The average molecular weight is 247 g/mol. The second kappa shape index (κ2) is 3.99. The molecule has 0 aromatic heterocycles. The second-order valence-electron chi connectivity index (χ2n) is 3.53. The van der Waals surface area contributed by atoms with Gasteiger partial charge >= 0.3 is 0 Å². The first-order valence-corrected chi connectivity index (χ1v) is 5.32. The molecule has 2 nitrogen and oxygen atoms in total. The third-order valence-electron chi connectivity index (χ3n) is 2.22. The molecule has 0 atom stereocenters. The summed E-state index contributed by atoms with van der Waals surface area (Å²) in [7, 11) is 0. The summed E-state index contributed by atoms with van der Waals surface area (Å²) < 4.78 is 12.9. The molecule has 1 saturated carbocycles. The Kier molecular flexibility index (Phi) is 2.85. The first-order chi connectivity index (χ1) is 7.08. The van der Waals surface area contributed by atoms with E-state index in [0.29, 0.717) is 17.4 Å². The molecule has 0 radical (unpaired) electrons. The van der Waals surface area contributed by atoms with Gasteiger partial charge < -0.3 is 5.73 Å². The molecule has 0 amide bonds. The highest BCUT2D eigenvalue weighted by Gasteiger charge is 2.26. The summed E-state index contributed by atoms with van der Waals surface area (Å²) in [6.45, 7) is 0. The van der Waals surface area contributed by atoms with E-state index in [-0.39, 0.29) is 10.0 Å². The smallest absolute Gasteiger partial charge is 0.126 e. The minimum Gasteiger partial charge on any atom is -0.387 e. The topological polar surface area (TPSA) is 38.4 Å². The predicted octanol–water partition coefficient (Wildman–Crippen LogP) is 3.53. The number of aliphatic imine (C=N–C) groups is 1. The van der Waals surface area contributed by atoms with Crippen LogP contribution in [0.3, 0.4) is 0 Å². The van der Waals surface area contributed by atoms with Crippen molar-refractivity contribution >= 4 is 34.7 Å². The van der Waals surface area contributed by atoms with Gasteiger partial charge in [-0.05, 0) is 25.0 Å². The summed E-state index contributed by atoms with van der Waals surface area (Å²) in [5, 5.41) is 0.368. The summed E-state index contributed by atoms with van der Waals surface area (Å²) in [5.74, 6) is 0.376. The molecule has 1 aromatic rings. The van der Waals surface area contributed by atoms with E-state index in [1.807, 2.05) is 0 Å². The van der Waals surface area contributed by atoms with E-state index in [4.69, 9.17) is 28.9 Å². The zero-order valence-corrected chi connectivity index (χ0v) is 9.32. The normalized spacial score (nSPS) is 16.9. The minimum absolute atomic E-state index is 0.184. The van der Waals surface area contributed by atoms with Gasteiger partial charge in [0.1, 0.15) is 17.3 Å². The zero-order valence-electron chi connectivity index (χ0n) is 7.80. The lowest BCUT2D eigenvalue weighted by Crippen LogP contribution is -2.13. The quantitative estimate of drug-likeness (QED) is 0.630. The van der Waals surface area contributed by atoms with E-state index in [1.54, 1.807) is 0 Å². The highest BCUT2D eigenvalue weighted by molar-refractivity contribution is 6.38. The molecule has 1 fully saturated rings. The average Bonchev–Trinajstić information content (AvgIpc) is 2.93. The lowest BCUT2D eigenvalue weighted by atomic mass is 10.3. The summed E-state index contributed by atoms with van der Waals surface area (Å²) in [4.78, 5) is 4.13. The van der Waals surface area contributed by atoms with E-state index < -0.39 is 5.82 Å². The van der Waals surface area contributed by atoms with E-state index in [9.17, 15) is 4.39 Å². The number of rotatable bonds is 2. The molecule has 0 saturated heterocycles. The van der Waals surface area contributed by atoms with Gasteiger partial charge in [-0.2, -0.15) is 0 Å². The van der Waals surface area contributed by atoms with Gasteiger partial charge in [0.05, 0.1) is 10.0 Å². The summed E-state index contributed by atoms with van der Waals surface area (Å²) in [6.07, 6.45) is 2.09. The Morgan fingerprint density at radius 3 is 2.33 bits per heavy atom. The van der Waals surface area contributed by atoms with Crippen molar-refractivity contribution in [3.8, 4) is 0 Å². The number of halogens is 3. The number of hydrogen-bond acceptors (Lipinski definition) is 1. The molecule has 0 heterocycles. The molecule has 1 aliphatic rings. The van der Waals surface area contributed by atoms with E-state index in [2.05, 4.69) is 4.99 Å². The molecule has 2 rings (SSSR count). The lowest BCUT2D eigenvalue weighted by molar-refractivity contribution is 0.628. The van der Waals surface area contributed by atoms with E-state index in [0.717, 1.165) is 12.8 Å². The molecular formula is C10H9Cl2FN2. The van der Waals surface area contributed by atoms with Crippen molar-refractivity contribution in [2.75, 3.05) is 0 Å². The third-order valence-corrected chi connectivity index (χ3v) is 2.79. The third kappa shape index (κ3) is 2.41. The highest BCUT2D eigenvalue weighted by atomic mass is 35.5. The minimum atomic E-state index is -0.478. The fraction of sp³-hybridized carbons (Fsp3) is 0.300. The Labute approximate surface area is 96.9 Å². The Hall–Kier alpha value is -0.800. The van der Waals surface area contributed by atoms with Crippen LogP contribution in [0.5, 0.6) is 0 Å². The predicted molar refractivity (Wildman–Crippen MR) is 60.4 cm³/mol. The fourth-order valence-electron chi connectivity index (χ4n) is 1.24. The maximum Gasteiger partial charge on any atom is 0.126 e. The molecule has 15 heavy (non-hydrogen) atoms. The van der Waals surface area contributed by atoms with Crippen molar-refractivity contribution in [3.05, 3.63) is 28.0 Å². The van der Waals surface area contributed by atoms with Gasteiger partial charge in [-0.25, -0.2) is 9.38 Å². The molecule has 0 spiro atoms. The van der Waals surface area contributed by atoms with Crippen molar-refractivity contribution < 1.29 is 4.39 Å². The largest absolute Gasteiger partial charge is 0.387 e. The molecule has 0 aliphatic heterocycles. The van der Waals surface area contributed by atoms with Crippen LogP contribution in [0.4, 0.5) is 10.1 Å². The molecule has 1 aromatic carbocycles. The molecule has 0 unspecified atom stereocenters. The van der Waals surface area contributed by atoms with Gasteiger partial charge in [0.25, 0.3) is 0 Å². The maximum atomic E-state index is 12.9. The van der Waals surface area contributed by atoms with Gasteiger partial charge in [-0.3, -0.25) is 0 Å². The Morgan fingerprint density at radius 2 is 1.87 bits per heavy atom. The zero-order chi connectivity index (χ0) is 11.0. The van der Waals surface area contributed by atoms with Gasteiger partial charge in [-0.15, -0.1) is 0 Å². The Balaban J connectivity index is 2.39. The van der Waals surface area contributed by atoms with Gasteiger partial charge in [-0.1, -0.05) is 23.2 Å². The SMILES string of the molecule is NC(=Nc1c(Cl)cc(F)cc1Cl)C1CC1. The van der Waals surface area contributed by atoms with Crippen LogP contribution in [0, 0.1) is 11.7 Å². The molecular weight excluding hydrogens is 238 g/mol. The van der Waals surface area contributed by atoms with Crippen LogP contribution in [0.2, 0.25) is 10.0 Å². The van der Waals surface area contributed by atoms with Crippen LogP contribution in [0.25, 0.3) is 0 Å².